The van der Waals surface area contributed by atoms with Crippen molar-refractivity contribution in [3.8, 4) is 5.75 Å². The van der Waals surface area contributed by atoms with E-state index in [1.54, 1.807) is 24.3 Å². The van der Waals surface area contributed by atoms with Gasteiger partial charge in [-0.2, -0.15) is 4.31 Å². The smallest absolute Gasteiger partial charge is 0.309 e. The van der Waals surface area contributed by atoms with Gasteiger partial charge in [-0.3, -0.25) is 9.59 Å². The molecular weight excluding hydrogens is 432 g/mol. The van der Waals surface area contributed by atoms with E-state index in [0.29, 0.717) is 5.75 Å². The quantitative estimate of drug-likeness (QED) is 0.561. The lowest BCUT2D eigenvalue weighted by Crippen LogP contribution is -2.51. The van der Waals surface area contributed by atoms with Crippen LogP contribution in [-0.2, 0) is 24.3 Å². The minimum atomic E-state index is -3.59. The highest BCUT2D eigenvalue weighted by molar-refractivity contribution is 7.89. The number of carbonyl (C=O) groups excluding carboxylic acids is 2. The normalized spacial score (nSPS) is 14.8. The second-order valence-electron chi connectivity index (χ2n) is 7.67. The lowest BCUT2D eigenvalue weighted by molar-refractivity contribution is -0.152. The van der Waals surface area contributed by atoms with Gasteiger partial charge in [0.15, 0.2) is 6.61 Å². The van der Waals surface area contributed by atoms with Crippen LogP contribution in [0.25, 0.3) is 0 Å². The zero-order chi connectivity index (χ0) is 23.1. The fourth-order valence-corrected chi connectivity index (χ4v) is 4.65. The summed E-state index contributed by atoms with van der Waals surface area (Å²) in [5, 5.41) is 0. The first kappa shape index (κ1) is 23.7. The summed E-state index contributed by atoms with van der Waals surface area (Å²) in [6.45, 7) is 4.54. The molecule has 0 spiro atoms. The highest BCUT2D eigenvalue weighted by Crippen LogP contribution is 2.18. The zero-order valence-electron chi connectivity index (χ0n) is 18.3. The number of ether oxygens (including phenoxy) is 2. The van der Waals surface area contributed by atoms with Gasteiger partial charge in [-0.25, -0.2) is 8.42 Å². The first-order valence-corrected chi connectivity index (χ1v) is 11.9. The Hall–Kier alpha value is -2.91. The SMILES string of the molecule is Cc1ccc(OCCC(=O)OCC(=O)N2CCN(S(=O)(=O)c3ccc(C)cc3)CC2)cc1. The third-order valence-electron chi connectivity index (χ3n) is 5.20. The number of hydrogen-bond donors (Lipinski definition) is 0. The van der Waals surface area contributed by atoms with Gasteiger partial charge in [0, 0.05) is 26.2 Å². The third-order valence-corrected chi connectivity index (χ3v) is 7.12. The molecular formula is C23H28N2O6S. The minimum absolute atomic E-state index is 0.0315. The van der Waals surface area contributed by atoms with Crippen LogP contribution in [0, 0.1) is 13.8 Å². The summed E-state index contributed by atoms with van der Waals surface area (Å²) in [6, 6.07) is 14.2. The number of nitrogens with zero attached hydrogens (tertiary/aromatic N) is 2. The van der Waals surface area contributed by atoms with E-state index in [9.17, 15) is 18.0 Å². The summed E-state index contributed by atoms with van der Waals surface area (Å²) in [5.41, 5.74) is 2.10. The molecule has 172 valence electrons. The van der Waals surface area contributed by atoms with E-state index in [0.717, 1.165) is 11.1 Å². The van der Waals surface area contributed by atoms with Crippen molar-refractivity contribution < 1.29 is 27.5 Å². The van der Waals surface area contributed by atoms with Crippen LogP contribution >= 0.6 is 0 Å². The molecule has 0 aromatic heterocycles. The maximum atomic E-state index is 12.8. The summed E-state index contributed by atoms with van der Waals surface area (Å²) in [5.74, 6) is -0.200. The van der Waals surface area contributed by atoms with Crippen LogP contribution in [0.15, 0.2) is 53.4 Å². The monoisotopic (exact) mass is 460 g/mol. The van der Waals surface area contributed by atoms with Crippen molar-refractivity contribution in [1.82, 2.24) is 9.21 Å². The van der Waals surface area contributed by atoms with E-state index in [1.807, 2.05) is 38.1 Å². The van der Waals surface area contributed by atoms with E-state index >= 15 is 0 Å². The van der Waals surface area contributed by atoms with Crippen molar-refractivity contribution in [2.24, 2.45) is 0 Å². The number of aryl methyl sites for hydroxylation is 2. The maximum absolute atomic E-state index is 12.8. The van der Waals surface area contributed by atoms with Crippen molar-refractivity contribution in [2.75, 3.05) is 39.4 Å². The number of carbonyl (C=O) groups is 2. The second kappa shape index (κ2) is 10.6. The summed E-state index contributed by atoms with van der Waals surface area (Å²) in [7, 11) is -3.59. The molecule has 0 radical (unpaired) electrons. The van der Waals surface area contributed by atoms with Gasteiger partial charge in [-0.15, -0.1) is 0 Å². The molecule has 1 saturated heterocycles. The molecule has 0 saturated carbocycles. The topological polar surface area (TPSA) is 93.2 Å². The molecule has 0 unspecified atom stereocenters. The number of amides is 1. The van der Waals surface area contributed by atoms with Crippen molar-refractivity contribution in [3.63, 3.8) is 0 Å². The Labute approximate surface area is 188 Å². The Morgan fingerprint density at radius 1 is 0.875 bits per heavy atom. The summed E-state index contributed by atoms with van der Waals surface area (Å²) < 4.78 is 37.4. The van der Waals surface area contributed by atoms with Crippen LogP contribution < -0.4 is 4.74 Å². The van der Waals surface area contributed by atoms with E-state index < -0.39 is 16.0 Å². The van der Waals surface area contributed by atoms with Gasteiger partial charge in [0.25, 0.3) is 5.91 Å². The van der Waals surface area contributed by atoms with Gasteiger partial charge in [-0.1, -0.05) is 35.4 Å². The summed E-state index contributed by atoms with van der Waals surface area (Å²) in [4.78, 5) is 26.0. The molecule has 1 amide bonds. The number of benzene rings is 2. The molecule has 9 heteroatoms. The molecule has 0 atom stereocenters. The minimum Gasteiger partial charge on any atom is -0.493 e. The predicted molar refractivity (Wildman–Crippen MR) is 119 cm³/mol. The van der Waals surface area contributed by atoms with E-state index in [1.165, 1.54) is 9.21 Å². The van der Waals surface area contributed by atoms with Crippen LogP contribution in [0.1, 0.15) is 17.5 Å². The van der Waals surface area contributed by atoms with Crippen molar-refractivity contribution in [3.05, 3.63) is 59.7 Å². The third kappa shape index (κ3) is 6.30. The van der Waals surface area contributed by atoms with Gasteiger partial charge in [0.2, 0.25) is 10.0 Å². The summed E-state index contributed by atoms with van der Waals surface area (Å²) >= 11 is 0. The molecule has 1 heterocycles. The molecule has 8 nitrogen and oxygen atoms in total. The Bertz CT molecular complexity index is 1030. The number of sulfonamides is 1. The van der Waals surface area contributed by atoms with Gasteiger partial charge in [0.05, 0.1) is 17.9 Å². The van der Waals surface area contributed by atoms with Crippen LogP contribution in [0.3, 0.4) is 0 Å². The molecule has 0 bridgehead atoms. The fraction of sp³-hybridized carbons (Fsp3) is 0.391. The van der Waals surface area contributed by atoms with E-state index in [2.05, 4.69) is 0 Å². The maximum Gasteiger partial charge on any atom is 0.309 e. The molecule has 2 aromatic rings. The lowest BCUT2D eigenvalue weighted by Gasteiger charge is -2.33. The average Bonchev–Trinajstić information content (AvgIpc) is 2.79. The van der Waals surface area contributed by atoms with Crippen molar-refractivity contribution in [2.45, 2.75) is 25.2 Å². The van der Waals surface area contributed by atoms with Crippen LogP contribution in [-0.4, -0.2) is 68.9 Å². The molecule has 3 rings (SSSR count). The van der Waals surface area contributed by atoms with Gasteiger partial charge < -0.3 is 14.4 Å². The average molecular weight is 461 g/mol. The number of hydrogen-bond acceptors (Lipinski definition) is 6. The molecule has 2 aromatic carbocycles. The number of esters is 1. The molecule has 0 N–H and O–H groups in total. The molecule has 1 fully saturated rings. The van der Waals surface area contributed by atoms with Crippen LogP contribution in [0.4, 0.5) is 0 Å². The Kier molecular flexibility index (Phi) is 7.87. The fourth-order valence-electron chi connectivity index (χ4n) is 3.23. The Balaban J connectivity index is 1.39. The number of piperazine rings is 1. The van der Waals surface area contributed by atoms with Crippen LogP contribution in [0.2, 0.25) is 0 Å². The highest BCUT2D eigenvalue weighted by Gasteiger charge is 2.30. The van der Waals surface area contributed by atoms with Gasteiger partial charge in [-0.05, 0) is 38.1 Å². The van der Waals surface area contributed by atoms with Crippen LogP contribution in [0.5, 0.6) is 5.75 Å². The molecule has 0 aliphatic carbocycles. The van der Waals surface area contributed by atoms with E-state index in [-0.39, 0.29) is 56.6 Å². The molecule has 1 aliphatic heterocycles. The Morgan fingerprint density at radius 3 is 2.03 bits per heavy atom. The van der Waals surface area contributed by atoms with Gasteiger partial charge >= 0.3 is 5.97 Å². The second-order valence-corrected chi connectivity index (χ2v) is 9.61. The summed E-state index contributed by atoms with van der Waals surface area (Å²) in [6.07, 6.45) is 0.0315. The molecule has 1 aliphatic rings. The standard InChI is InChI=1S/C23H28N2O6S/c1-18-3-7-20(8-4-18)30-16-11-23(27)31-17-22(26)24-12-14-25(15-13-24)32(28,29)21-9-5-19(2)6-10-21/h3-10H,11-17H2,1-2H3. The first-order chi connectivity index (χ1) is 15.3. The van der Waals surface area contributed by atoms with E-state index in [4.69, 9.17) is 9.47 Å². The van der Waals surface area contributed by atoms with Crippen molar-refractivity contribution in [1.29, 1.82) is 0 Å². The Morgan fingerprint density at radius 2 is 1.44 bits per heavy atom. The largest absolute Gasteiger partial charge is 0.493 e. The first-order valence-electron chi connectivity index (χ1n) is 10.5. The predicted octanol–water partition coefficient (Wildman–Crippen LogP) is 2.15. The highest BCUT2D eigenvalue weighted by atomic mass is 32.2. The lowest BCUT2D eigenvalue weighted by atomic mass is 10.2. The number of rotatable bonds is 8. The van der Waals surface area contributed by atoms with Gasteiger partial charge in [0.1, 0.15) is 5.75 Å². The van der Waals surface area contributed by atoms with Crippen molar-refractivity contribution >= 4 is 21.9 Å². The zero-order valence-corrected chi connectivity index (χ0v) is 19.1. The molecule has 32 heavy (non-hydrogen) atoms.